The Labute approximate surface area is 168 Å². The number of phenolic OH excluding ortho intramolecular Hbond substituents is 1. The number of nitrogens with zero attached hydrogens (tertiary/aromatic N) is 1. The Morgan fingerprint density at radius 3 is 2.62 bits per heavy atom. The van der Waals surface area contributed by atoms with Gasteiger partial charge in [-0.15, -0.1) is 0 Å². The fourth-order valence-electron chi connectivity index (χ4n) is 3.79. The minimum Gasteiger partial charge on any atom is -0.508 e. The fraction of sp³-hybridized carbons (Fsp3) is 0.304. The maximum absolute atomic E-state index is 14.0. The van der Waals surface area contributed by atoms with E-state index in [0.717, 1.165) is 16.5 Å². The van der Waals surface area contributed by atoms with E-state index in [0.29, 0.717) is 29.7 Å². The summed E-state index contributed by atoms with van der Waals surface area (Å²) in [4.78, 5) is 16.3. The SMILES string of the molecule is CC(C)c1c(NCC2(C(=O)O)CC2)nc2cc(O)ccc2c1-c1cccc(F)c1. The summed E-state index contributed by atoms with van der Waals surface area (Å²) in [5.41, 5.74) is 2.27. The van der Waals surface area contributed by atoms with E-state index in [1.165, 1.54) is 12.1 Å². The maximum atomic E-state index is 14.0. The Kier molecular flexibility index (Phi) is 4.65. The third kappa shape index (κ3) is 3.50. The number of aliphatic carboxylic acids is 1. The second-order valence-corrected chi connectivity index (χ2v) is 8.05. The number of carboxylic acids is 1. The molecule has 150 valence electrons. The minimum atomic E-state index is -0.806. The number of hydrogen-bond acceptors (Lipinski definition) is 4. The van der Waals surface area contributed by atoms with Gasteiger partial charge in [0.05, 0.1) is 10.9 Å². The number of phenols is 1. The molecule has 0 aliphatic heterocycles. The lowest BCUT2D eigenvalue weighted by atomic mass is 9.89. The number of aromatic hydroxyl groups is 1. The van der Waals surface area contributed by atoms with E-state index in [4.69, 9.17) is 4.98 Å². The quantitative estimate of drug-likeness (QED) is 0.539. The van der Waals surface area contributed by atoms with Crippen LogP contribution in [0.1, 0.15) is 38.2 Å². The summed E-state index contributed by atoms with van der Waals surface area (Å²) in [7, 11) is 0. The van der Waals surface area contributed by atoms with Gasteiger partial charge >= 0.3 is 5.97 Å². The molecule has 0 spiro atoms. The molecular formula is C23H23FN2O3. The van der Waals surface area contributed by atoms with Crippen LogP contribution in [0.3, 0.4) is 0 Å². The van der Waals surface area contributed by atoms with Crippen LogP contribution < -0.4 is 5.32 Å². The molecular weight excluding hydrogens is 371 g/mol. The molecule has 1 aliphatic rings. The van der Waals surface area contributed by atoms with Crippen molar-refractivity contribution in [2.45, 2.75) is 32.6 Å². The zero-order valence-electron chi connectivity index (χ0n) is 16.4. The highest BCUT2D eigenvalue weighted by atomic mass is 19.1. The first-order valence-corrected chi connectivity index (χ1v) is 9.70. The van der Waals surface area contributed by atoms with Crippen molar-refractivity contribution in [3.63, 3.8) is 0 Å². The number of aromatic nitrogens is 1. The van der Waals surface area contributed by atoms with Gasteiger partial charge in [0, 0.05) is 23.6 Å². The molecule has 3 aromatic rings. The molecule has 2 aromatic carbocycles. The number of carbonyl (C=O) groups is 1. The van der Waals surface area contributed by atoms with Crippen LogP contribution in [-0.4, -0.2) is 27.7 Å². The van der Waals surface area contributed by atoms with Crippen LogP contribution in [0.25, 0.3) is 22.0 Å². The first kappa shape index (κ1) is 19.2. The molecule has 0 unspecified atom stereocenters. The van der Waals surface area contributed by atoms with E-state index in [-0.39, 0.29) is 24.0 Å². The van der Waals surface area contributed by atoms with Crippen molar-refractivity contribution in [1.29, 1.82) is 0 Å². The number of fused-ring (bicyclic) bond motifs is 1. The fourth-order valence-corrected chi connectivity index (χ4v) is 3.79. The summed E-state index contributed by atoms with van der Waals surface area (Å²) in [6.07, 6.45) is 1.27. The zero-order chi connectivity index (χ0) is 20.8. The van der Waals surface area contributed by atoms with Crippen LogP contribution in [0.5, 0.6) is 5.75 Å². The standard InChI is InChI=1S/C23H23FN2O3/c1-13(2)19-20(14-4-3-5-15(24)10-14)17-7-6-16(27)11-18(17)26-21(19)25-12-23(8-9-23)22(28)29/h3-7,10-11,13,27H,8-9,12H2,1-2H3,(H,25,26)(H,28,29). The van der Waals surface area contributed by atoms with Crippen LogP contribution in [0.4, 0.5) is 10.2 Å². The first-order chi connectivity index (χ1) is 13.8. The molecule has 3 N–H and O–H groups in total. The predicted molar refractivity (Wildman–Crippen MR) is 111 cm³/mol. The molecule has 1 aromatic heterocycles. The number of nitrogens with one attached hydrogen (secondary N) is 1. The number of hydrogen-bond donors (Lipinski definition) is 3. The monoisotopic (exact) mass is 394 g/mol. The van der Waals surface area contributed by atoms with Crippen LogP contribution in [0.2, 0.25) is 0 Å². The third-order valence-electron chi connectivity index (χ3n) is 5.60. The molecule has 1 saturated carbocycles. The molecule has 0 saturated heterocycles. The molecule has 4 rings (SSSR count). The van der Waals surface area contributed by atoms with Crippen molar-refractivity contribution in [1.82, 2.24) is 4.98 Å². The second-order valence-electron chi connectivity index (χ2n) is 8.05. The number of pyridine rings is 1. The molecule has 1 aliphatic carbocycles. The van der Waals surface area contributed by atoms with E-state index < -0.39 is 11.4 Å². The highest BCUT2D eigenvalue weighted by Gasteiger charge is 2.50. The van der Waals surface area contributed by atoms with Gasteiger partial charge in [0.2, 0.25) is 0 Å². The van der Waals surface area contributed by atoms with Gasteiger partial charge < -0.3 is 15.5 Å². The summed E-state index contributed by atoms with van der Waals surface area (Å²) in [6.45, 7) is 4.34. The molecule has 1 heterocycles. The van der Waals surface area contributed by atoms with Crippen LogP contribution >= 0.6 is 0 Å². The third-order valence-corrected chi connectivity index (χ3v) is 5.60. The second kappa shape index (κ2) is 7.03. The maximum Gasteiger partial charge on any atom is 0.311 e. The molecule has 0 atom stereocenters. The van der Waals surface area contributed by atoms with Gasteiger partial charge in [-0.25, -0.2) is 9.37 Å². The average molecular weight is 394 g/mol. The Morgan fingerprint density at radius 2 is 2.00 bits per heavy atom. The van der Waals surface area contributed by atoms with Crippen molar-refractivity contribution in [2.24, 2.45) is 5.41 Å². The number of benzene rings is 2. The van der Waals surface area contributed by atoms with Crippen LogP contribution in [0.15, 0.2) is 42.5 Å². The zero-order valence-corrected chi connectivity index (χ0v) is 16.4. The largest absolute Gasteiger partial charge is 0.508 e. The molecule has 5 nitrogen and oxygen atoms in total. The van der Waals surface area contributed by atoms with Crippen molar-refractivity contribution < 1.29 is 19.4 Å². The summed E-state index contributed by atoms with van der Waals surface area (Å²) in [5, 5.41) is 23.5. The Balaban J connectivity index is 1.93. The number of halogens is 1. The van der Waals surface area contributed by atoms with Gasteiger partial charge in [0.1, 0.15) is 17.4 Å². The van der Waals surface area contributed by atoms with E-state index >= 15 is 0 Å². The van der Waals surface area contributed by atoms with E-state index in [9.17, 15) is 19.4 Å². The highest BCUT2D eigenvalue weighted by Crippen LogP contribution is 2.47. The molecule has 29 heavy (non-hydrogen) atoms. The van der Waals surface area contributed by atoms with Gasteiger partial charge in [-0.1, -0.05) is 26.0 Å². The van der Waals surface area contributed by atoms with Crippen LogP contribution in [0, 0.1) is 11.2 Å². The number of carboxylic acid groups (broad SMARTS) is 1. The number of rotatable bonds is 6. The minimum absolute atomic E-state index is 0.0569. The Bertz CT molecular complexity index is 1110. The lowest BCUT2D eigenvalue weighted by Gasteiger charge is -2.22. The summed E-state index contributed by atoms with van der Waals surface area (Å²) >= 11 is 0. The highest BCUT2D eigenvalue weighted by molar-refractivity contribution is 5.99. The van der Waals surface area contributed by atoms with Gasteiger partial charge in [0.25, 0.3) is 0 Å². The number of anilines is 1. The smallest absolute Gasteiger partial charge is 0.311 e. The van der Waals surface area contributed by atoms with Gasteiger partial charge in [0.15, 0.2) is 0 Å². The first-order valence-electron chi connectivity index (χ1n) is 9.70. The molecule has 0 amide bonds. The van der Waals surface area contributed by atoms with Gasteiger partial charge in [-0.3, -0.25) is 4.79 Å². The lowest BCUT2D eigenvalue weighted by Crippen LogP contribution is -2.25. The topological polar surface area (TPSA) is 82.5 Å². The average Bonchev–Trinajstić information content (AvgIpc) is 3.46. The van der Waals surface area contributed by atoms with Crippen molar-refractivity contribution >= 4 is 22.7 Å². The Hall–Kier alpha value is -3.15. The van der Waals surface area contributed by atoms with E-state index in [2.05, 4.69) is 5.32 Å². The normalized spacial score (nSPS) is 14.9. The summed E-state index contributed by atoms with van der Waals surface area (Å²) in [6, 6.07) is 11.3. The molecule has 0 bridgehead atoms. The molecule has 6 heteroatoms. The Morgan fingerprint density at radius 1 is 1.24 bits per heavy atom. The van der Waals surface area contributed by atoms with Gasteiger partial charge in [-0.05, 0) is 54.2 Å². The summed E-state index contributed by atoms with van der Waals surface area (Å²) in [5.74, 6) is -0.424. The predicted octanol–water partition coefficient (Wildman–Crippen LogP) is 5.15. The van der Waals surface area contributed by atoms with E-state index in [1.807, 2.05) is 19.9 Å². The van der Waals surface area contributed by atoms with Crippen molar-refractivity contribution in [3.8, 4) is 16.9 Å². The van der Waals surface area contributed by atoms with Gasteiger partial charge in [-0.2, -0.15) is 0 Å². The lowest BCUT2D eigenvalue weighted by molar-refractivity contribution is -0.142. The van der Waals surface area contributed by atoms with Crippen LogP contribution in [-0.2, 0) is 4.79 Å². The van der Waals surface area contributed by atoms with Crippen molar-refractivity contribution in [2.75, 3.05) is 11.9 Å². The molecule has 0 radical (unpaired) electrons. The van der Waals surface area contributed by atoms with E-state index in [1.54, 1.807) is 24.3 Å². The molecule has 1 fully saturated rings. The summed E-state index contributed by atoms with van der Waals surface area (Å²) < 4.78 is 14.0. The van der Waals surface area contributed by atoms with Crippen molar-refractivity contribution in [3.05, 3.63) is 53.8 Å².